The molecule has 19 heavy (non-hydrogen) atoms. The van der Waals surface area contributed by atoms with Crippen molar-refractivity contribution in [2.75, 3.05) is 26.2 Å². The molecule has 2 saturated carbocycles. The van der Waals surface area contributed by atoms with Crippen molar-refractivity contribution in [3.05, 3.63) is 0 Å². The van der Waals surface area contributed by atoms with Gasteiger partial charge < -0.3 is 15.4 Å². The minimum absolute atomic E-state index is 0.0210. The van der Waals surface area contributed by atoms with Crippen LogP contribution in [0.5, 0.6) is 0 Å². The predicted octanol–water partition coefficient (Wildman–Crippen LogP) is 1.86. The molecule has 4 fully saturated rings. The molecule has 0 bridgehead atoms. The fourth-order valence-electron chi connectivity index (χ4n) is 5.63. The fraction of sp³-hybridized carbons (Fsp3) is 1.00. The zero-order valence-corrected chi connectivity index (χ0v) is 12.4. The molecule has 2 N–H and O–H groups in total. The van der Waals surface area contributed by atoms with Gasteiger partial charge in [0, 0.05) is 43.1 Å². The monoisotopic (exact) mass is 264 g/mol. The van der Waals surface area contributed by atoms with E-state index in [9.17, 15) is 0 Å². The molecule has 0 aromatic heterocycles. The molecule has 0 amide bonds. The summed E-state index contributed by atoms with van der Waals surface area (Å²) < 4.78 is 5.90. The predicted molar refractivity (Wildman–Crippen MR) is 75.8 cm³/mol. The van der Waals surface area contributed by atoms with Crippen LogP contribution >= 0.6 is 0 Å². The minimum atomic E-state index is -0.0210. The first kappa shape index (κ1) is 12.6. The van der Waals surface area contributed by atoms with Crippen molar-refractivity contribution in [1.29, 1.82) is 0 Å². The van der Waals surface area contributed by atoms with E-state index < -0.39 is 0 Å². The van der Waals surface area contributed by atoms with Crippen molar-refractivity contribution < 1.29 is 4.74 Å². The van der Waals surface area contributed by atoms with Gasteiger partial charge in [0.05, 0.1) is 6.10 Å². The third kappa shape index (κ3) is 1.55. The van der Waals surface area contributed by atoms with Crippen molar-refractivity contribution in [2.24, 2.45) is 28.9 Å². The molecule has 0 aromatic rings. The molecule has 3 heteroatoms. The number of hydrogen-bond acceptors (Lipinski definition) is 3. The second kappa shape index (κ2) is 3.96. The van der Waals surface area contributed by atoms with Crippen LogP contribution in [-0.2, 0) is 4.74 Å². The minimum Gasteiger partial charge on any atom is -0.377 e. The van der Waals surface area contributed by atoms with Crippen molar-refractivity contribution in [3.63, 3.8) is 0 Å². The second-order valence-electron chi connectivity index (χ2n) is 8.09. The summed E-state index contributed by atoms with van der Waals surface area (Å²) in [4.78, 5) is 2.67. The van der Waals surface area contributed by atoms with Gasteiger partial charge in [-0.15, -0.1) is 0 Å². The molecule has 0 spiro atoms. The maximum Gasteiger partial charge on any atom is 0.0691 e. The first-order valence-corrected chi connectivity index (χ1v) is 8.15. The highest BCUT2D eigenvalue weighted by molar-refractivity contribution is 5.22. The molecule has 4 aliphatic rings. The Morgan fingerprint density at radius 2 is 1.84 bits per heavy atom. The Bertz CT molecular complexity index is 371. The molecule has 3 nitrogen and oxygen atoms in total. The van der Waals surface area contributed by atoms with E-state index in [1.807, 2.05) is 0 Å². The molecular weight excluding hydrogens is 236 g/mol. The molecular formula is C16H28N2O. The van der Waals surface area contributed by atoms with Crippen molar-refractivity contribution in [3.8, 4) is 0 Å². The smallest absolute Gasteiger partial charge is 0.0691 e. The van der Waals surface area contributed by atoms with Gasteiger partial charge in [-0.2, -0.15) is 0 Å². The quantitative estimate of drug-likeness (QED) is 0.827. The molecule has 2 aliphatic carbocycles. The Labute approximate surface area is 116 Å². The number of nitrogens with two attached hydrogens (primary N) is 1. The van der Waals surface area contributed by atoms with Crippen molar-refractivity contribution >= 4 is 0 Å². The Balaban J connectivity index is 1.47. The lowest BCUT2D eigenvalue weighted by atomic mass is 9.48. The number of hydrogen-bond donors (Lipinski definition) is 1. The standard InChI is InChI=1S/C16H28N2O/c1-15(2)14-13(6-7-19-14)16(15,17)10-18-8-11-4-3-5-12(11)9-18/h11-14H,3-10,17H2,1-2H3. The molecule has 5 unspecified atom stereocenters. The van der Waals surface area contributed by atoms with Crippen LogP contribution in [0.25, 0.3) is 0 Å². The summed E-state index contributed by atoms with van der Waals surface area (Å²) >= 11 is 0. The van der Waals surface area contributed by atoms with Gasteiger partial charge in [-0.05, 0) is 31.1 Å². The largest absolute Gasteiger partial charge is 0.377 e. The third-order valence-corrected chi connectivity index (χ3v) is 6.95. The number of likely N-dealkylation sites (tertiary alicyclic amines) is 1. The van der Waals surface area contributed by atoms with Crippen molar-refractivity contribution in [2.45, 2.75) is 51.2 Å². The Hall–Kier alpha value is -0.120. The average molecular weight is 264 g/mol. The van der Waals surface area contributed by atoms with E-state index in [0.717, 1.165) is 25.0 Å². The van der Waals surface area contributed by atoms with Crippen LogP contribution in [0.3, 0.4) is 0 Å². The van der Waals surface area contributed by atoms with Crippen LogP contribution in [0.4, 0.5) is 0 Å². The third-order valence-electron chi connectivity index (χ3n) is 6.95. The molecule has 0 radical (unpaired) electrons. The van der Waals surface area contributed by atoms with Crippen LogP contribution in [0.1, 0.15) is 39.5 Å². The topological polar surface area (TPSA) is 38.5 Å². The van der Waals surface area contributed by atoms with Gasteiger partial charge in [-0.3, -0.25) is 0 Å². The summed E-state index contributed by atoms with van der Waals surface area (Å²) in [5.41, 5.74) is 7.00. The maximum absolute atomic E-state index is 6.87. The van der Waals surface area contributed by atoms with Gasteiger partial charge in [-0.25, -0.2) is 0 Å². The molecule has 5 atom stereocenters. The highest BCUT2D eigenvalue weighted by Gasteiger charge is 2.68. The summed E-state index contributed by atoms with van der Waals surface area (Å²) in [5, 5.41) is 0. The zero-order valence-electron chi connectivity index (χ0n) is 12.4. The SMILES string of the molecule is CC1(C)C2OCCC2C1(N)CN1CC2CCCC2C1. The first-order chi connectivity index (χ1) is 9.02. The molecule has 4 rings (SSSR count). The number of ether oxygens (including phenoxy) is 1. The Morgan fingerprint density at radius 3 is 2.53 bits per heavy atom. The summed E-state index contributed by atoms with van der Waals surface area (Å²) in [6.45, 7) is 9.25. The Kier molecular flexibility index (Phi) is 2.63. The lowest BCUT2D eigenvalue weighted by molar-refractivity contribution is -0.162. The molecule has 108 valence electrons. The van der Waals surface area contributed by atoms with Gasteiger partial charge in [0.1, 0.15) is 0 Å². The summed E-state index contributed by atoms with van der Waals surface area (Å²) in [6.07, 6.45) is 5.96. The van der Waals surface area contributed by atoms with Crippen LogP contribution in [-0.4, -0.2) is 42.8 Å². The zero-order chi connectivity index (χ0) is 13.3. The Morgan fingerprint density at radius 1 is 1.16 bits per heavy atom. The fourth-order valence-corrected chi connectivity index (χ4v) is 5.63. The summed E-state index contributed by atoms with van der Waals surface area (Å²) in [6, 6.07) is 0. The summed E-state index contributed by atoms with van der Waals surface area (Å²) in [7, 11) is 0. The average Bonchev–Trinajstić information content (AvgIpc) is 3.01. The van der Waals surface area contributed by atoms with E-state index >= 15 is 0 Å². The lowest BCUT2D eigenvalue weighted by Gasteiger charge is -2.63. The normalized spacial score (nSPS) is 51.9. The van der Waals surface area contributed by atoms with Crippen LogP contribution in [0.15, 0.2) is 0 Å². The van der Waals surface area contributed by atoms with E-state index in [0.29, 0.717) is 12.0 Å². The molecule has 0 aromatic carbocycles. The molecule has 2 aliphatic heterocycles. The maximum atomic E-state index is 6.87. The van der Waals surface area contributed by atoms with E-state index in [-0.39, 0.29) is 11.0 Å². The number of rotatable bonds is 2. The van der Waals surface area contributed by atoms with Gasteiger partial charge in [-0.1, -0.05) is 20.3 Å². The van der Waals surface area contributed by atoms with E-state index in [1.54, 1.807) is 0 Å². The first-order valence-electron chi connectivity index (χ1n) is 8.15. The second-order valence-corrected chi connectivity index (χ2v) is 8.09. The van der Waals surface area contributed by atoms with Crippen LogP contribution < -0.4 is 5.73 Å². The number of fused-ring (bicyclic) bond motifs is 2. The van der Waals surface area contributed by atoms with Crippen LogP contribution in [0.2, 0.25) is 0 Å². The van der Waals surface area contributed by atoms with Gasteiger partial charge in [0.15, 0.2) is 0 Å². The highest BCUT2D eigenvalue weighted by Crippen LogP contribution is 2.58. The lowest BCUT2D eigenvalue weighted by Crippen LogP contribution is -2.78. The summed E-state index contributed by atoms with van der Waals surface area (Å²) in [5.74, 6) is 2.55. The molecule has 2 heterocycles. The van der Waals surface area contributed by atoms with E-state index in [4.69, 9.17) is 10.5 Å². The van der Waals surface area contributed by atoms with Gasteiger partial charge in [0.2, 0.25) is 0 Å². The van der Waals surface area contributed by atoms with E-state index in [1.165, 1.54) is 38.8 Å². The van der Waals surface area contributed by atoms with Gasteiger partial charge >= 0.3 is 0 Å². The van der Waals surface area contributed by atoms with Gasteiger partial charge in [0.25, 0.3) is 0 Å². The number of nitrogens with zero attached hydrogens (tertiary/aromatic N) is 1. The van der Waals surface area contributed by atoms with Crippen molar-refractivity contribution in [1.82, 2.24) is 4.90 Å². The van der Waals surface area contributed by atoms with E-state index in [2.05, 4.69) is 18.7 Å². The van der Waals surface area contributed by atoms with Crippen LogP contribution in [0, 0.1) is 23.2 Å². The molecule has 2 saturated heterocycles. The highest BCUT2D eigenvalue weighted by atomic mass is 16.5.